The Bertz CT molecular complexity index is 347. The molecule has 1 aromatic carbocycles. The van der Waals surface area contributed by atoms with Crippen LogP contribution >= 0.6 is 0 Å². The minimum absolute atomic E-state index is 0.0674. The maximum Gasteiger partial charge on any atom is 0.225 e. The van der Waals surface area contributed by atoms with Gasteiger partial charge in [0.25, 0.3) is 0 Å². The Morgan fingerprint density at radius 3 is 2.59 bits per heavy atom. The molecule has 0 bridgehead atoms. The number of nitrogens with two attached hydrogens (primary N) is 1. The van der Waals surface area contributed by atoms with Gasteiger partial charge < -0.3 is 15.8 Å². The summed E-state index contributed by atoms with van der Waals surface area (Å²) in [5.41, 5.74) is 6.31. The summed E-state index contributed by atoms with van der Waals surface area (Å²) < 4.78 is 5.45. The minimum atomic E-state index is -0.123. The lowest BCUT2D eigenvalue weighted by molar-refractivity contribution is -0.116. The van der Waals surface area contributed by atoms with Crippen LogP contribution in [0.3, 0.4) is 0 Å². The molecule has 0 heterocycles. The van der Waals surface area contributed by atoms with Crippen molar-refractivity contribution in [2.45, 2.75) is 32.7 Å². The van der Waals surface area contributed by atoms with Crippen molar-refractivity contribution >= 4 is 11.6 Å². The van der Waals surface area contributed by atoms with E-state index in [2.05, 4.69) is 12.2 Å². The Labute approximate surface area is 102 Å². The summed E-state index contributed by atoms with van der Waals surface area (Å²) in [7, 11) is 0. The van der Waals surface area contributed by atoms with Crippen LogP contribution in [0.25, 0.3) is 0 Å². The van der Waals surface area contributed by atoms with Crippen LogP contribution in [0.1, 0.15) is 26.7 Å². The molecule has 0 aromatic heterocycles. The minimum Gasteiger partial charge on any atom is -0.494 e. The summed E-state index contributed by atoms with van der Waals surface area (Å²) in [5.74, 6) is 0.749. The molecule has 3 N–H and O–H groups in total. The Balaban J connectivity index is 2.47. The molecule has 17 heavy (non-hydrogen) atoms. The maximum atomic E-state index is 11.5. The summed E-state index contributed by atoms with van der Waals surface area (Å²) in [6.45, 7) is 4.57. The molecule has 1 rings (SSSR count). The second-order valence-electron chi connectivity index (χ2n) is 4.10. The third kappa shape index (κ3) is 5.36. The van der Waals surface area contributed by atoms with Crippen LogP contribution in [-0.2, 0) is 4.79 Å². The summed E-state index contributed by atoms with van der Waals surface area (Å²) in [6.07, 6.45) is 1.31. The number of benzene rings is 1. The van der Waals surface area contributed by atoms with Crippen LogP contribution in [0.4, 0.5) is 5.69 Å². The molecule has 4 nitrogen and oxygen atoms in total. The van der Waals surface area contributed by atoms with E-state index in [9.17, 15) is 4.79 Å². The molecule has 0 fully saturated rings. The van der Waals surface area contributed by atoms with Crippen LogP contribution in [0, 0.1) is 0 Å². The van der Waals surface area contributed by atoms with Crippen LogP contribution < -0.4 is 15.8 Å². The van der Waals surface area contributed by atoms with Gasteiger partial charge in [0.2, 0.25) is 5.91 Å². The van der Waals surface area contributed by atoms with Crippen molar-refractivity contribution in [3.63, 3.8) is 0 Å². The summed E-state index contributed by atoms with van der Waals surface area (Å²) in [4.78, 5) is 11.5. The average molecular weight is 236 g/mol. The zero-order valence-electron chi connectivity index (χ0n) is 10.4. The Kier molecular flexibility index (Phi) is 5.49. The summed E-state index contributed by atoms with van der Waals surface area (Å²) in [6, 6.07) is 7.21. The fourth-order valence-electron chi connectivity index (χ4n) is 1.36. The van der Waals surface area contributed by atoms with E-state index in [1.807, 2.05) is 24.3 Å². The van der Waals surface area contributed by atoms with Crippen LogP contribution in [0.5, 0.6) is 5.75 Å². The maximum absolute atomic E-state index is 11.5. The zero-order chi connectivity index (χ0) is 12.7. The highest BCUT2D eigenvalue weighted by Gasteiger charge is 2.05. The number of rotatable bonds is 6. The van der Waals surface area contributed by atoms with Crippen molar-refractivity contribution < 1.29 is 9.53 Å². The molecule has 0 saturated heterocycles. The van der Waals surface area contributed by atoms with Crippen molar-refractivity contribution in [2.75, 3.05) is 11.9 Å². The Morgan fingerprint density at radius 2 is 2.06 bits per heavy atom. The highest BCUT2D eigenvalue weighted by Crippen LogP contribution is 2.16. The van der Waals surface area contributed by atoms with E-state index < -0.39 is 0 Å². The molecule has 0 aliphatic heterocycles. The first-order valence-corrected chi connectivity index (χ1v) is 5.90. The quantitative estimate of drug-likeness (QED) is 0.795. The van der Waals surface area contributed by atoms with Crippen molar-refractivity contribution in [3.8, 4) is 5.75 Å². The number of anilines is 1. The lowest BCUT2D eigenvalue weighted by Crippen LogP contribution is -2.23. The fraction of sp³-hybridized carbons (Fsp3) is 0.462. The molecule has 94 valence electrons. The van der Waals surface area contributed by atoms with Crippen LogP contribution in [0.2, 0.25) is 0 Å². The third-order valence-electron chi connectivity index (χ3n) is 2.12. The molecule has 0 saturated carbocycles. The molecule has 1 amide bonds. The number of ether oxygens (including phenoxy) is 1. The number of nitrogens with one attached hydrogen (secondary N) is 1. The van der Waals surface area contributed by atoms with Gasteiger partial charge in [-0.25, -0.2) is 0 Å². The monoisotopic (exact) mass is 236 g/mol. The number of amides is 1. The largest absolute Gasteiger partial charge is 0.494 e. The smallest absolute Gasteiger partial charge is 0.225 e. The standard InChI is InChI=1S/C13H20N2O2/c1-3-8-17-12-6-4-11(5-7-12)15-13(16)9-10(2)14/h4-7,10H,3,8-9,14H2,1-2H3,(H,15,16). The van der Waals surface area contributed by atoms with Gasteiger partial charge in [0, 0.05) is 18.2 Å². The van der Waals surface area contributed by atoms with Gasteiger partial charge in [0.1, 0.15) is 5.75 Å². The Morgan fingerprint density at radius 1 is 1.41 bits per heavy atom. The molecule has 1 atom stereocenters. The predicted molar refractivity (Wildman–Crippen MR) is 69.1 cm³/mol. The van der Waals surface area contributed by atoms with Gasteiger partial charge in [-0.1, -0.05) is 6.92 Å². The molecule has 1 unspecified atom stereocenters. The van der Waals surface area contributed by atoms with Gasteiger partial charge in [-0.2, -0.15) is 0 Å². The molecule has 0 aliphatic rings. The normalized spacial score (nSPS) is 11.9. The lowest BCUT2D eigenvalue weighted by Gasteiger charge is -2.08. The first kappa shape index (κ1) is 13.5. The SMILES string of the molecule is CCCOc1ccc(NC(=O)CC(C)N)cc1. The van der Waals surface area contributed by atoms with E-state index >= 15 is 0 Å². The first-order valence-electron chi connectivity index (χ1n) is 5.90. The molecule has 1 aromatic rings. The van der Waals surface area contributed by atoms with Gasteiger partial charge >= 0.3 is 0 Å². The van der Waals surface area contributed by atoms with Crippen molar-refractivity contribution in [3.05, 3.63) is 24.3 Å². The van der Waals surface area contributed by atoms with Crippen molar-refractivity contribution in [2.24, 2.45) is 5.73 Å². The number of hydrogen-bond donors (Lipinski definition) is 2. The average Bonchev–Trinajstić information content (AvgIpc) is 2.27. The van der Waals surface area contributed by atoms with Gasteiger partial charge in [0.15, 0.2) is 0 Å². The van der Waals surface area contributed by atoms with E-state index in [0.29, 0.717) is 13.0 Å². The lowest BCUT2D eigenvalue weighted by atomic mass is 10.2. The number of carbonyl (C=O) groups is 1. The predicted octanol–water partition coefficient (Wildman–Crippen LogP) is 2.15. The van der Waals surface area contributed by atoms with Gasteiger partial charge in [-0.05, 0) is 37.6 Å². The third-order valence-corrected chi connectivity index (χ3v) is 2.12. The van der Waals surface area contributed by atoms with Gasteiger partial charge in [-0.15, -0.1) is 0 Å². The first-order chi connectivity index (χ1) is 8.11. The molecular formula is C13H20N2O2. The van der Waals surface area contributed by atoms with Gasteiger partial charge in [-0.3, -0.25) is 4.79 Å². The van der Waals surface area contributed by atoms with Crippen LogP contribution in [0.15, 0.2) is 24.3 Å². The molecular weight excluding hydrogens is 216 g/mol. The fourth-order valence-corrected chi connectivity index (χ4v) is 1.36. The molecule has 4 heteroatoms. The second kappa shape index (κ2) is 6.91. The topological polar surface area (TPSA) is 64.3 Å². The molecule has 0 radical (unpaired) electrons. The van der Waals surface area contributed by atoms with E-state index in [-0.39, 0.29) is 11.9 Å². The second-order valence-corrected chi connectivity index (χ2v) is 4.10. The van der Waals surface area contributed by atoms with E-state index in [1.165, 1.54) is 0 Å². The van der Waals surface area contributed by atoms with Crippen LogP contribution in [-0.4, -0.2) is 18.6 Å². The summed E-state index contributed by atoms with van der Waals surface area (Å²) >= 11 is 0. The zero-order valence-corrected chi connectivity index (χ0v) is 10.4. The highest BCUT2D eigenvalue weighted by molar-refractivity contribution is 5.91. The van der Waals surface area contributed by atoms with Crippen molar-refractivity contribution in [1.82, 2.24) is 0 Å². The molecule has 0 aliphatic carbocycles. The number of hydrogen-bond acceptors (Lipinski definition) is 3. The number of carbonyl (C=O) groups excluding carboxylic acids is 1. The Hall–Kier alpha value is -1.55. The summed E-state index contributed by atoms with van der Waals surface area (Å²) in [5, 5.41) is 2.78. The van der Waals surface area contributed by atoms with Gasteiger partial charge in [0.05, 0.1) is 6.61 Å². The van der Waals surface area contributed by atoms with E-state index in [1.54, 1.807) is 6.92 Å². The van der Waals surface area contributed by atoms with E-state index in [0.717, 1.165) is 17.9 Å². The molecule has 0 spiro atoms. The highest BCUT2D eigenvalue weighted by atomic mass is 16.5. The van der Waals surface area contributed by atoms with Crippen molar-refractivity contribution in [1.29, 1.82) is 0 Å². The van der Waals surface area contributed by atoms with E-state index in [4.69, 9.17) is 10.5 Å².